The number of halogens is 1. The van der Waals surface area contributed by atoms with E-state index in [4.69, 9.17) is 4.74 Å². The van der Waals surface area contributed by atoms with Crippen LogP contribution in [0, 0.1) is 0 Å². The number of nitrogens with zero attached hydrogens (tertiary/aromatic N) is 1. The first-order valence-electron chi connectivity index (χ1n) is 4.55. The van der Waals surface area contributed by atoms with Gasteiger partial charge < -0.3 is 9.30 Å². The number of hydrogen-bond acceptors (Lipinski definition) is 1. The van der Waals surface area contributed by atoms with Gasteiger partial charge in [-0.1, -0.05) is 18.2 Å². The zero-order chi connectivity index (χ0) is 9.97. The third-order valence-corrected chi connectivity index (χ3v) is 2.29. The Labute approximate surface area is 81.9 Å². The molecule has 1 aromatic heterocycles. The molecule has 0 atom stereocenters. The first kappa shape index (κ1) is 9.06. The number of aryl methyl sites for hydroxylation is 1. The van der Waals surface area contributed by atoms with Gasteiger partial charge in [0.2, 0.25) is 0 Å². The molecular formula is C11H12FNO. The van der Waals surface area contributed by atoms with Crippen molar-refractivity contribution in [2.75, 3.05) is 13.8 Å². The summed E-state index contributed by atoms with van der Waals surface area (Å²) >= 11 is 0. The maximum Gasteiger partial charge on any atom is 0.194 e. The van der Waals surface area contributed by atoms with Crippen LogP contribution in [0.25, 0.3) is 10.9 Å². The Balaban J connectivity index is 2.61. The van der Waals surface area contributed by atoms with Crippen LogP contribution in [0.15, 0.2) is 30.3 Å². The maximum absolute atomic E-state index is 12.3. The molecule has 0 unspecified atom stereocenters. The Kier molecular flexibility index (Phi) is 2.39. The van der Waals surface area contributed by atoms with Crippen molar-refractivity contribution < 1.29 is 9.13 Å². The summed E-state index contributed by atoms with van der Waals surface area (Å²) in [6, 6.07) is 9.78. The van der Waals surface area contributed by atoms with Gasteiger partial charge in [-0.15, -0.1) is 0 Å². The molecule has 74 valence electrons. The van der Waals surface area contributed by atoms with Gasteiger partial charge in [0, 0.05) is 11.5 Å². The number of para-hydroxylation sites is 1. The normalized spacial score (nSPS) is 10.7. The molecule has 0 saturated heterocycles. The van der Waals surface area contributed by atoms with Crippen molar-refractivity contribution in [1.82, 2.24) is 4.57 Å². The van der Waals surface area contributed by atoms with E-state index in [1.54, 1.807) is 7.11 Å². The molecule has 0 aliphatic heterocycles. The van der Waals surface area contributed by atoms with Gasteiger partial charge in [0.1, 0.15) is 6.67 Å². The smallest absolute Gasteiger partial charge is 0.194 e. The predicted octanol–water partition coefficient (Wildman–Crippen LogP) is 2.62. The standard InChI is InChI=1S/C11H12FNO/c1-14-11-8-9-4-2-3-5-10(9)13(11)7-6-12/h2-5,8H,6-7H2,1H3. The second kappa shape index (κ2) is 3.70. The molecule has 1 heterocycles. The number of ether oxygens (including phenoxy) is 1. The molecular weight excluding hydrogens is 181 g/mol. The highest BCUT2D eigenvalue weighted by Gasteiger charge is 2.07. The third-order valence-electron chi connectivity index (χ3n) is 2.29. The molecule has 0 N–H and O–H groups in total. The van der Waals surface area contributed by atoms with Crippen molar-refractivity contribution in [3.8, 4) is 5.88 Å². The second-order valence-electron chi connectivity index (χ2n) is 3.09. The Bertz CT molecular complexity index is 436. The van der Waals surface area contributed by atoms with E-state index >= 15 is 0 Å². The maximum atomic E-state index is 12.3. The number of methoxy groups -OCH3 is 1. The zero-order valence-electron chi connectivity index (χ0n) is 8.03. The molecule has 0 saturated carbocycles. The molecule has 0 bridgehead atoms. The molecule has 2 nitrogen and oxygen atoms in total. The van der Waals surface area contributed by atoms with Gasteiger partial charge >= 0.3 is 0 Å². The van der Waals surface area contributed by atoms with E-state index in [1.807, 2.05) is 34.9 Å². The summed E-state index contributed by atoms with van der Waals surface area (Å²) < 4.78 is 19.3. The lowest BCUT2D eigenvalue weighted by atomic mass is 10.2. The van der Waals surface area contributed by atoms with Crippen LogP contribution in [0.2, 0.25) is 0 Å². The molecule has 0 spiro atoms. The summed E-state index contributed by atoms with van der Waals surface area (Å²) in [6.07, 6.45) is 0. The highest BCUT2D eigenvalue weighted by atomic mass is 19.1. The minimum Gasteiger partial charge on any atom is -0.482 e. The van der Waals surface area contributed by atoms with E-state index in [1.165, 1.54) is 0 Å². The number of rotatable bonds is 3. The number of hydrogen-bond donors (Lipinski definition) is 0. The molecule has 0 radical (unpaired) electrons. The second-order valence-corrected chi connectivity index (χ2v) is 3.09. The van der Waals surface area contributed by atoms with Crippen molar-refractivity contribution in [3.05, 3.63) is 30.3 Å². The molecule has 0 aliphatic carbocycles. The van der Waals surface area contributed by atoms with Crippen LogP contribution in [0.3, 0.4) is 0 Å². The molecule has 14 heavy (non-hydrogen) atoms. The minimum atomic E-state index is -0.380. The Morgan fingerprint density at radius 1 is 1.36 bits per heavy atom. The predicted molar refractivity (Wildman–Crippen MR) is 54.5 cm³/mol. The number of aromatic nitrogens is 1. The fraction of sp³-hybridized carbons (Fsp3) is 0.273. The van der Waals surface area contributed by atoms with Crippen molar-refractivity contribution >= 4 is 10.9 Å². The highest BCUT2D eigenvalue weighted by Crippen LogP contribution is 2.24. The first-order valence-corrected chi connectivity index (χ1v) is 4.55. The Morgan fingerprint density at radius 3 is 2.86 bits per heavy atom. The first-order chi connectivity index (χ1) is 6.86. The fourth-order valence-corrected chi connectivity index (χ4v) is 1.67. The van der Waals surface area contributed by atoms with Gasteiger partial charge in [-0.2, -0.15) is 0 Å². The highest BCUT2D eigenvalue weighted by molar-refractivity contribution is 5.82. The van der Waals surface area contributed by atoms with Crippen molar-refractivity contribution in [2.45, 2.75) is 6.54 Å². The van der Waals surface area contributed by atoms with Gasteiger partial charge in [-0.3, -0.25) is 0 Å². The largest absolute Gasteiger partial charge is 0.482 e. The van der Waals surface area contributed by atoms with Crippen LogP contribution < -0.4 is 4.74 Å². The van der Waals surface area contributed by atoms with Crippen molar-refractivity contribution in [3.63, 3.8) is 0 Å². The molecule has 1 aromatic carbocycles. The molecule has 2 rings (SSSR count). The van der Waals surface area contributed by atoms with Crippen molar-refractivity contribution in [1.29, 1.82) is 0 Å². The zero-order valence-corrected chi connectivity index (χ0v) is 8.03. The minimum absolute atomic E-state index is 0.344. The van der Waals surface area contributed by atoms with E-state index < -0.39 is 0 Å². The van der Waals surface area contributed by atoms with Gasteiger partial charge in [-0.05, 0) is 6.07 Å². The van der Waals surface area contributed by atoms with Gasteiger partial charge in [-0.25, -0.2) is 4.39 Å². The van der Waals surface area contributed by atoms with Crippen LogP contribution >= 0.6 is 0 Å². The summed E-state index contributed by atoms with van der Waals surface area (Å²) in [7, 11) is 1.60. The molecule has 3 heteroatoms. The Hall–Kier alpha value is -1.51. The molecule has 0 aliphatic rings. The lowest BCUT2D eigenvalue weighted by molar-refractivity contribution is 0.359. The van der Waals surface area contributed by atoms with Crippen LogP contribution in [-0.4, -0.2) is 18.4 Å². The lowest BCUT2D eigenvalue weighted by Crippen LogP contribution is -2.01. The summed E-state index contributed by atoms with van der Waals surface area (Å²) in [5.41, 5.74) is 1.02. The summed E-state index contributed by atoms with van der Waals surface area (Å²) in [6.45, 7) is -0.0360. The topological polar surface area (TPSA) is 14.2 Å². The average Bonchev–Trinajstić information content (AvgIpc) is 2.58. The van der Waals surface area contributed by atoms with E-state index in [9.17, 15) is 4.39 Å². The van der Waals surface area contributed by atoms with Gasteiger partial charge in [0.25, 0.3) is 0 Å². The molecule has 0 fully saturated rings. The monoisotopic (exact) mass is 193 g/mol. The lowest BCUT2D eigenvalue weighted by Gasteiger charge is -2.06. The van der Waals surface area contributed by atoms with E-state index in [0.717, 1.165) is 10.9 Å². The molecule has 0 amide bonds. The molecule has 2 aromatic rings. The van der Waals surface area contributed by atoms with Crippen molar-refractivity contribution in [2.24, 2.45) is 0 Å². The average molecular weight is 193 g/mol. The number of fused-ring (bicyclic) bond motifs is 1. The van der Waals surface area contributed by atoms with Crippen LogP contribution in [0.1, 0.15) is 0 Å². The fourth-order valence-electron chi connectivity index (χ4n) is 1.67. The van der Waals surface area contributed by atoms with Gasteiger partial charge in [0.15, 0.2) is 5.88 Å². The number of benzene rings is 1. The van der Waals surface area contributed by atoms with Crippen LogP contribution in [-0.2, 0) is 6.54 Å². The van der Waals surface area contributed by atoms with E-state index in [-0.39, 0.29) is 6.67 Å². The SMILES string of the molecule is COc1cc2ccccc2n1CCF. The third kappa shape index (κ3) is 1.35. The summed E-state index contributed by atoms with van der Waals surface area (Å²) in [5.74, 6) is 0.712. The van der Waals surface area contributed by atoms with Crippen LogP contribution in [0.4, 0.5) is 4.39 Å². The quantitative estimate of drug-likeness (QED) is 0.730. The van der Waals surface area contributed by atoms with Crippen LogP contribution in [0.5, 0.6) is 5.88 Å². The Morgan fingerprint density at radius 2 is 2.14 bits per heavy atom. The summed E-state index contributed by atoms with van der Waals surface area (Å²) in [4.78, 5) is 0. The van der Waals surface area contributed by atoms with E-state index in [2.05, 4.69) is 0 Å². The van der Waals surface area contributed by atoms with E-state index in [0.29, 0.717) is 12.4 Å². The summed E-state index contributed by atoms with van der Waals surface area (Å²) in [5, 5.41) is 1.08. The number of alkyl halides is 1. The van der Waals surface area contributed by atoms with Gasteiger partial charge in [0.05, 0.1) is 19.2 Å².